The third-order valence-corrected chi connectivity index (χ3v) is 3.75. The van der Waals surface area contributed by atoms with E-state index in [2.05, 4.69) is 17.4 Å². The summed E-state index contributed by atoms with van der Waals surface area (Å²) in [6.45, 7) is 0.885. The molecule has 0 heterocycles. The predicted octanol–water partition coefficient (Wildman–Crippen LogP) is 3.77. The van der Waals surface area contributed by atoms with Crippen LogP contribution in [0.5, 0.6) is 5.75 Å². The Morgan fingerprint density at radius 2 is 1.86 bits per heavy atom. The molecule has 112 valence electrons. The zero-order chi connectivity index (χ0) is 15.1. The maximum atomic E-state index is 14.2. The van der Waals surface area contributed by atoms with Crippen LogP contribution in [0.3, 0.4) is 0 Å². The second-order valence-electron chi connectivity index (χ2n) is 5.14. The van der Waals surface area contributed by atoms with Crippen molar-refractivity contribution in [1.29, 1.82) is 0 Å². The zero-order valence-electron chi connectivity index (χ0n) is 12.6. The number of hydrogen-bond donors (Lipinski definition) is 1. The van der Waals surface area contributed by atoms with Crippen LogP contribution in [-0.2, 0) is 6.42 Å². The van der Waals surface area contributed by atoms with Gasteiger partial charge in [0.1, 0.15) is 0 Å². The molecule has 2 rings (SSSR count). The van der Waals surface area contributed by atoms with Gasteiger partial charge >= 0.3 is 0 Å². The van der Waals surface area contributed by atoms with E-state index in [4.69, 9.17) is 4.74 Å². The Kier molecular flexibility index (Phi) is 5.76. The number of likely N-dealkylation sites (N-methyl/N-ethyl adjacent to an activating group) is 1. The molecule has 21 heavy (non-hydrogen) atoms. The second-order valence-corrected chi connectivity index (χ2v) is 5.14. The normalized spacial score (nSPS) is 12.1. The number of nitrogens with one attached hydrogen (secondary N) is 1. The summed E-state index contributed by atoms with van der Waals surface area (Å²) in [6, 6.07) is 15.7. The quantitative estimate of drug-likeness (QED) is 0.837. The standard InChI is InChI=1S/C18H22FNO/c1-20-13-16(14-7-4-3-5-8-14)12-11-15-9-6-10-17(21-2)18(15)19/h3-10,16,20H,11-13H2,1-2H3. The van der Waals surface area contributed by atoms with Crippen molar-refractivity contribution in [2.75, 3.05) is 20.7 Å². The van der Waals surface area contributed by atoms with Crippen molar-refractivity contribution in [3.8, 4) is 5.75 Å². The van der Waals surface area contributed by atoms with Crippen molar-refractivity contribution in [1.82, 2.24) is 5.32 Å². The van der Waals surface area contributed by atoms with Crippen molar-refractivity contribution in [2.24, 2.45) is 0 Å². The number of halogens is 1. The van der Waals surface area contributed by atoms with Gasteiger partial charge in [0.05, 0.1) is 7.11 Å². The molecule has 0 spiro atoms. The molecule has 1 unspecified atom stereocenters. The Morgan fingerprint density at radius 3 is 2.52 bits per heavy atom. The molecule has 0 aliphatic heterocycles. The van der Waals surface area contributed by atoms with Gasteiger partial charge in [-0.25, -0.2) is 4.39 Å². The highest BCUT2D eigenvalue weighted by Crippen LogP contribution is 2.25. The van der Waals surface area contributed by atoms with Gasteiger partial charge in [-0.05, 0) is 43.0 Å². The highest BCUT2D eigenvalue weighted by Gasteiger charge is 2.13. The first-order chi connectivity index (χ1) is 10.3. The van der Waals surface area contributed by atoms with Crippen LogP contribution in [0.25, 0.3) is 0 Å². The van der Waals surface area contributed by atoms with E-state index in [1.54, 1.807) is 6.07 Å². The average Bonchev–Trinajstić information content (AvgIpc) is 2.53. The first-order valence-corrected chi connectivity index (χ1v) is 7.27. The Bertz CT molecular complexity index is 556. The molecule has 0 fully saturated rings. The largest absolute Gasteiger partial charge is 0.494 e. The summed E-state index contributed by atoms with van der Waals surface area (Å²) in [7, 11) is 3.44. The topological polar surface area (TPSA) is 21.3 Å². The van der Waals surface area contributed by atoms with Crippen LogP contribution in [0.4, 0.5) is 4.39 Å². The zero-order valence-corrected chi connectivity index (χ0v) is 12.6. The molecular formula is C18H22FNO. The van der Waals surface area contributed by atoms with Gasteiger partial charge in [0.25, 0.3) is 0 Å². The van der Waals surface area contributed by atoms with Crippen LogP contribution in [0.2, 0.25) is 0 Å². The third-order valence-electron chi connectivity index (χ3n) is 3.75. The highest BCUT2D eigenvalue weighted by molar-refractivity contribution is 5.31. The minimum atomic E-state index is -0.240. The van der Waals surface area contributed by atoms with Crippen molar-refractivity contribution in [3.63, 3.8) is 0 Å². The van der Waals surface area contributed by atoms with Crippen LogP contribution >= 0.6 is 0 Å². The number of benzene rings is 2. The molecule has 3 heteroatoms. The summed E-state index contributed by atoms with van der Waals surface area (Å²) >= 11 is 0. The summed E-state index contributed by atoms with van der Waals surface area (Å²) in [5, 5.41) is 3.22. The summed E-state index contributed by atoms with van der Waals surface area (Å²) in [5.74, 6) is 0.454. The van der Waals surface area contributed by atoms with Gasteiger partial charge in [-0.3, -0.25) is 0 Å². The second kappa shape index (κ2) is 7.79. The molecule has 0 saturated carbocycles. The summed E-state index contributed by atoms with van der Waals surface area (Å²) in [6.07, 6.45) is 1.60. The lowest BCUT2D eigenvalue weighted by atomic mass is 9.92. The molecule has 0 aromatic heterocycles. The van der Waals surface area contributed by atoms with E-state index in [0.29, 0.717) is 23.7 Å². The van der Waals surface area contributed by atoms with Crippen LogP contribution in [-0.4, -0.2) is 20.7 Å². The van der Waals surface area contributed by atoms with Gasteiger partial charge in [0, 0.05) is 6.54 Å². The molecular weight excluding hydrogens is 265 g/mol. The fourth-order valence-electron chi connectivity index (χ4n) is 2.59. The van der Waals surface area contributed by atoms with Gasteiger partial charge in [0.2, 0.25) is 0 Å². The lowest BCUT2D eigenvalue weighted by molar-refractivity contribution is 0.383. The Labute approximate surface area is 126 Å². The van der Waals surface area contributed by atoms with Crippen LogP contribution in [0.1, 0.15) is 23.5 Å². The van der Waals surface area contributed by atoms with E-state index < -0.39 is 0 Å². The summed E-state index contributed by atoms with van der Waals surface area (Å²) in [5.41, 5.74) is 2.00. The van der Waals surface area contributed by atoms with Crippen LogP contribution in [0.15, 0.2) is 48.5 Å². The van der Waals surface area contributed by atoms with Crippen LogP contribution < -0.4 is 10.1 Å². The Morgan fingerprint density at radius 1 is 1.10 bits per heavy atom. The Hall–Kier alpha value is -1.87. The first-order valence-electron chi connectivity index (χ1n) is 7.27. The van der Waals surface area contributed by atoms with E-state index >= 15 is 0 Å². The highest BCUT2D eigenvalue weighted by atomic mass is 19.1. The lowest BCUT2D eigenvalue weighted by Crippen LogP contribution is -2.18. The monoisotopic (exact) mass is 287 g/mol. The molecule has 2 aromatic rings. The van der Waals surface area contributed by atoms with E-state index in [0.717, 1.165) is 13.0 Å². The smallest absolute Gasteiger partial charge is 0.168 e. The van der Waals surface area contributed by atoms with Crippen molar-refractivity contribution >= 4 is 0 Å². The number of aryl methyl sites for hydroxylation is 1. The fourth-order valence-corrected chi connectivity index (χ4v) is 2.59. The van der Waals surface area contributed by atoms with Gasteiger partial charge in [-0.2, -0.15) is 0 Å². The third kappa shape index (κ3) is 4.05. The summed E-state index contributed by atoms with van der Waals surface area (Å²) < 4.78 is 19.2. The van der Waals surface area contributed by atoms with Crippen molar-refractivity contribution in [3.05, 3.63) is 65.5 Å². The molecule has 0 bridgehead atoms. The molecule has 0 amide bonds. The van der Waals surface area contributed by atoms with E-state index in [1.807, 2.05) is 37.4 Å². The molecule has 1 N–H and O–H groups in total. The first kappa shape index (κ1) is 15.5. The van der Waals surface area contributed by atoms with Gasteiger partial charge in [0.15, 0.2) is 11.6 Å². The van der Waals surface area contributed by atoms with E-state index in [-0.39, 0.29) is 5.82 Å². The molecule has 0 aliphatic rings. The van der Waals surface area contributed by atoms with Gasteiger partial charge < -0.3 is 10.1 Å². The number of methoxy groups -OCH3 is 1. The number of hydrogen-bond acceptors (Lipinski definition) is 2. The van der Waals surface area contributed by atoms with Crippen molar-refractivity contribution < 1.29 is 9.13 Å². The fraction of sp³-hybridized carbons (Fsp3) is 0.333. The molecule has 0 saturated heterocycles. The maximum absolute atomic E-state index is 14.2. The molecule has 1 atom stereocenters. The van der Waals surface area contributed by atoms with Crippen LogP contribution in [0, 0.1) is 5.82 Å². The molecule has 2 nitrogen and oxygen atoms in total. The Balaban J connectivity index is 2.09. The lowest BCUT2D eigenvalue weighted by Gasteiger charge is -2.17. The minimum absolute atomic E-state index is 0.240. The number of ether oxygens (including phenoxy) is 1. The predicted molar refractivity (Wildman–Crippen MR) is 84.4 cm³/mol. The average molecular weight is 287 g/mol. The molecule has 0 radical (unpaired) electrons. The minimum Gasteiger partial charge on any atom is -0.494 e. The van der Waals surface area contributed by atoms with E-state index in [1.165, 1.54) is 12.7 Å². The molecule has 0 aliphatic carbocycles. The van der Waals surface area contributed by atoms with Crippen molar-refractivity contribution in [2.45, 2.75) is 18.8 Å². The maximum Gasteiger partial charge on any atom is 0.168 e. The SMILES string of the molecule is CNCC(CCc1cccc(OC)c1F)c1ccccc1. The molecule has 2 aromatic carbocycles. The van der Waals surface area contributed by atoms with Gasteiger partial charge in [-0.1, -0.05) is 42.5 Å². The number of rotatable bonds is 7. The summed E-state index contributed by atoms with van der Waals surface area (Å²) in [4.78, 5) is 0. The van der Waals surface area contributed by atoms with E-state index in [9.17, 15) is 4.39 Å². The van der Waals surface area contributed by atoms with Gasteiger partial charge in [-0.15, -0.1) is 0 Å².